The van der Waals surface area contributed by atoms with Crippen LogP contribution in [0.4, 0.5) is 0 Å². The number of carbonyl (C=O) groups is 2. The number of benzene rings is 1. The highest BCUT2D eigenvalue weighted by molar-refractivity contribution is 5.98. The van der Waals surface area contributed by atoms with Gasteiger partial charge in [0, 0.05) is 31.0 Å². The number of hydrogen-bond acceptors (Lipinski definition) is 2. The largest absolute Gasteiger partial charge is 0.340 e. The molecule has 1 aliphatic heterocycles. The van der Waals surface area contributed by atoms with Crippen LogP contribution in [0, 0.1) is 0 Å². The van der Waals surface area contributed by atoms with Gasteiger partial charge in [0.25, 0.3) is 0 Å². The van der Waals surface area contributed by atoms with Crippen LogP contribution in [0.1, 0.15) is 61.9 Å². The zero-order chi connectivity index (χ0) is 15.2. The van der Waals surface area contributed by atoms with E-state index < -0.39 is 0 Å². The first-order valence-corrected chi connectivity index (χ1v) is 8.03. The Morgan fingerprint density at radius 3 is 2.48 bits per heavy atom. The Balaban J connectivity index is 1.86. The quantitative estimate of drug-likeness (QED) is 0.776. The van der Waals surface area contributed by atoms with Crippen LogP contribution >= 0.6 is 0 Å². The molecule has 1 unspecified atom stereocenters. The van der Waals surface area contributed by atoms with Crippen molar-refractivity contribution >= 4 is 11.7 Å². The molecule has 1 atom stereocenters. The summed E-state index contributed by atoms with van der Waals surface area (Å²) in [5.74, 6) is 0.191. The third-order valence-corrected chi connectivity index (χ3v) is 4.37. The number of Topliss-reactive ketones (excluding diaryl/α,β-unsaturated/α-hetero) is 1. The molecule has 0 aliphatic carbocycles. The Morgan fingerprint density at radius 1 is 1.14 bits per heavy atom. The van der Waals surface area contributed by atoms with E-state index in [4.69, 9.17) is 0 Å². The van der Waals surface area contributed by atoms with Crippen molar-refractivity contribution in [2.45, 2.75) is 58.4 Å². The first-order chi connectivity index (χ1) is 10.1. The maximum atomic E-state index is 12.2. The number of piperidine rings is 1. The lowest BCUT2D eigenvalue weighted by atomic mass is 10.0. The van der Waals surface area contributed by atoms with E-state index >= 15 is 0 Å². The van der Waals surface area contributed by atoms with Crippen molar-refractivity contribution in [3.05, 3.63) is 35.4 Å². The molecule has 1 aliphatic rings. The number of amides is 1. The summed E-state index contributed by atoms with van der Waals surface area (Å²) in [6.45, 7) is 5.04. The Bertz CT molecular complexity index is 492. The average molecular weight is 287 g/mol. The molecule has 0 N–H and O–H groups in total. The zero-order valence-electron chi connectivity index (χ0n) is 13.1. The monoisotopic (exact) mass is 287 g/mol. The Labute approximate surface area is 127 Å². The molecule has 0 bridgehead atoms. The predicted octanol–water partition coefficient (Wildman–Crippen LogP) is 3.61. The standard InChI is InChI=1S/C18H25NO2/c1-3-15-7-9-16(10-8-15)17(20)11-12-18(21)19-13-5-4-6-14(19)2/h7-10,14H,3-6,11-13H2,1-2H3. The van der Waals surface area contributed by atoms with E-state index in [9.17, 15) is 9.59 Å². The number of ketones is 1. The molecule has 0 aromatic heterocycles. The molecule has 1 fully saturated rings. The number of hydrogen-bond donors (Lipinski definition) is 0. The van der Waals surface area contributed by atoms with Crippen LogP contribution in [0.3, 0.4) is 0 Å². The SMILES string of the molecule is CCc1ccc(C(=O)CCC(=O)N2CCCCC2C)cc1. The summed E-state index contributed by atoms with van der Waals surface area (Å²) in [7, 11) is 0. The van der Waals surface area contributed by atoms with Crippen LogP contribution in [-0.2, 0) is 11.2 Å². The summed E-state index contributed by atoms with van der Waals surface area (Å²) in [5, 5.41) is 0. The molecule has 3 heteroatoms. The third kappa shape index (κ3) is 4.16. The molecule has 1 heterocycles. The summed E-state index contributed by atoms with van der Waals surface area (Å²) < 4.78 is 0. The van der Waals surface area contributed by atoms with Crippen molar-refractivity contribution in [1.29, 1.82) is 0 Å². The van der Waals surface area contributed by atoms with Crippen molar-refractivity contribution in [2.24, 2.45) is 0 Å². The predicted molar refractivity (Wildman–Crippen MR) is 84.4 cm³/mol. The maximum Gasteiger partial charge on any atom is 0.223 e. The van der Waals surface area contributed by atoms with Crippen LogP contribution in [0.2, 0.25) is 0 Å². The third-order valence-electron chi connectivity index (χ3n) is 4.37. The molecule has 1 aromatic rings. The molecule has 1 aromatic carbocycles. The lowest BCUT2D eigenvalue weighted by Crippen LogP contribution is -2.42. The van der Waals surface area contributed by atoms with Crippen molar-refractivity contribution in [3.63, 3.8) is 0 Å². The van der Waals surface area contributed by atoms with Gasteiger partial charge in [-0.2, -0.15) is 0 Å². The van der Waals surface area contributed by atoms with E-state index in [1.807, 2.05) is 29.2 Å². The Hall–Kier alpha value is -1.64. The minimum Gasteiger partial charge on any atom is -0.340 e. The Kier molecular flexibility index (Phi) is 5.54. The van der Waals surface area contributed by atoms with Crippen molar-refractivity contribution in [1.82, 2.24) is 4.90 Å². The minimum absolute atomic E-state index is 0.0654. The average Bonchev–Trinajstić information content (AvgIpc) is 2.52. The second-order valence-corrected chi connectivity index (χ2v) is 5.91. The van der Waals surface area contributed by atoms with Crippen molar-refractivity contribution < 1.29 is 9.59 Å². The van der Waals surface area contributed by atoms with E-state index in [0.717, 1.165) is 25.8 Å². The van der Waals surface area contributed by atoms with Crippen LogP contribution in [0.5, 0.6) is 0 Å². The molecule has 114 valence electrons. The first kappa shape index (κ1) is 15.7. The van der Waals surface area contributed by atoms with Gasteiger partial charge >= 0.3 is 0 Å². The fraction of sp³-hybridized carbons (Fsp3) is 0.556. The van der Waals surface area contributed by atoms with E-state index in [2.05, 4.69) is 13.8 Å². The van der Waals surface area contributed by atoms with Gasteiger partial charge in [-0.05, 0) is 38.2 Å². The first-order valence-electron chi connectivity index (χ1n) is 8.03. The summed E-state index contributed by atoms with van der Waals surface area (Å²) in [5.41, 5.74) is 1.94. The van der Waals surface area contributed by atoms with Crippen LogP contribution in [-0.4, -0.2) is 29.2 Å². The number of carbonyl (C=O) groups excluding carboxylic acids is 2. The van der Waals surface area contributed by atoms with Crippen molar-refractivity contribution in [3.8, 4) is 0 Å². The van der Waals surface area contributed by atoms with E-state index in [1.165, 1.54) is 12.0 Å². The van der Waals surface area contributed by atoms with Gasteiger partial charge in [0.15, 0.2) is 5.78 Å². The molecule has 2 rings (SSSR count). The van der Waals surface area contributed by atoms with Crippen LogP contribution in [0.15, 0.2) is 24.3 Å². The van der Waals surface area contributed by atoms with E-state index in [-0.39, 0.29) is 11.7 Å². The summed E-state index contributed by atoms with van der Waals surface area (Å²) in [4.78, 5) is 26.3. The number of nitrogens with zero attached hydrogens (tertiary/aromatic N) is 1. The molecule has 1 saturated heterocycles. The topological polar surface area (TPSA) is 37.4 Å². The fourth-order valence-corrected chi connectivity index (χ4v) is 2.90. The highest BCUT2D eigenvalue weighted by Crippen LogP contribution is 2.18. The Morgan fingerprint density at radius 2 is 1.86 bits per heavy atom. The van der Waals surface area contributed by atoms with Crippen LogP contribution < -0.4 is 0 Å². The molecule has 0 radical (unpaired) electrons. The molecular formula is C18H25NO2. The summed E-state index contributed by atoms with van der Waals surface area (Å²) in [6.07, 6.45) is 4.99. The maximum absolute atomic E-state index is 12.2. The molecular weight excluding hydrogens is 262 g/mol. The molecule has 1 amide bonds. The number of rotatable bonds is 5. The molecule has 0 spiro atoms. The lowest BCUT2D eigenvalue weighted by molar-refractivity contribution is -0.134. The lowest BCUT2D eigenvalue weighted by Gasteiger charge is -2.33. The van der Waals surface area contributed by atoms with Gasteiger partial charge in [-0.25, -0.2) is 0 Å². The molecule has 0 saturated carbocycles. The van der Waals surface area contributed by atoms with Crippen molar-refractivity contribution in [2.75, 3.05) is 6.54 Å². The zero-order valence-corrected chi connectivity index (χ0v) is 13.1. The number of aryl methyl sites for hydroxylation is 1. The summed E-state index contributed by atoms with van der Waals surface area (Å²) >= 11 is 0. The summed E-state index contributed by atoms with van der Waals surface area (Å²) in [6, 6.07) is 8.04. The number of likely N-dealkylation sites (tertiary alicyclic amines) is 1. The van der Waals surface area contributed by atoms with E-state index in [1.54, 1.807) is 0 Å². The van der Waals surface area contributed by atoms with Gasteiger partial charge in [0.05, 0.1) is 0 Å². The van der Waals surface area contributed by atoms with Gasteiger partial charge in [0.1, 0.15) is 0 Å². The fourth-order valence-electron chi connectivity index (χ4n) is 2.90. The smallest absolute Gasteiger partial charge is 0.223 e. The second kappa shape index (κ2) is 7.39. The second-order valence-electron chi connectivity index (χ2n) is 5.91. The van der Waals surface area contributed by atoms with E-state index in [0.29, 0.717) is 24.4 Å². The van der Waals surface area contributed by atoms with Gasteiger partial charge in [0.2, 0.25) is 5.91 Å². The highest BCUT2D eigenvalue weighted by atomic mass is 16.2. The normalized spacial score (nSPS) is 18.6. The van der Waals surface area contributed by atoms with Gasteiger partial charge < -0.3 is 4.90 Å². The molecule has 21 heavy (non-hydrogen) atoms. The minimum atomic E-state index is 0.0654. The van der Waals surface area contributed by atoms with Gasteiger partial charge in [-0.15, -0.1) is 0 Å². The highest BCUT2D eigenvalue weighted by Gasteiger charge is 2.23. The van der Waals surface area contributed by atoms with Gasteiger partial charge in [-0.3, -0.25) is 9.59 Å². The van der Waals surface area contributed by atoms with Gasteiger partial charge in [-0.1, -0.05) is 31.2 Å². The van der Waals surface area contributed by atoms with Crippen LogP contribution in [0.25, 0.3) is 0 Å². The molecule has 3 nitrogen and oxygen atoms in total.